The number of amides is 1. The minimum Gasteiger partial charge on any atom is -0.494 e. The molecule has 0 spiro atoms. The van der Waals surface area contributed by atoms with Crippen LogP contribution in [0.5, 0.6) is 5.75 Å². The fourth-order valence-electron chi connectivity index (χ4n) is 2.75. The summed E-state index contributed by atoms with van der Waals surface area (Å²) < 4.78 is 18.7. The topological polar surface area (TPSA) is 29.5 Å². The van der Waals surface area contributed by atoms with Crippen molar-refractivity contribution in [3.63, 3.8) is 0 Å². The lowest BCUT2D eigenvalue weighted by molar-refractivity contribution is 0.0679. The van der Waals surface area contributed by atoms with Gasteiger partial charge in [-0.05, 0) is 48.6 Å². The number of ether oxygens (including phenoxy) is 1. The van der Waals surface area contributed by atoms with Crippen molar-refractivity contribution in [3.05, 3.63) is 51.5 Å². The van der Waals surface area contributed by atoms with Gasteiger partial charge in [-0.15, -0.1) is 11.3 Å². The molecular formula is C16H16FNO2S. The van der Waals surface area contributed by atoms with E-state index in [-0.39, 0.29) is 17.7 Å². The summed E-state index contributed by atoms with van der Waals surface area (Å²) in [6.45, 7) is 2.68. The maximum atomic E-state index is 13.8. The molecule has 1 atom stereocenters. The molecule has 0 aliphatic carbocycles. The van der Waals surface area contributed by atoms with Gasteiger partial charge >= 0.3 is 0 Å². The average Bonchev–Trinajstić information content (AvgIpc) is 2.96. The molecule has 0 bridgehead atoms. The number of hydrogen-bond acceptors (Lipinski definition) is 3. The molecule has 0 fully saturated rings. The molecular weight excluding hydrogens is 289 g/mol. The number of rotatable bonds is 2. The second-order valence-corrected chi connectivity index (χ2v) is 6.07. The molecule has 0 saturated heterocycles. The highest BCUT2D eigenvalue weighted by molar-refractivity contribution is 7.10. The highest BCUT2D eigenvalue weighted by atomic mass is 32.1. The molecule has 110 valence electrons. The molecule has 3 rings (SSSR count). The first kappa shape index (κ1) is 14.1. The standard InChI is InChI=1S/C16H16FNO2S/c1-10-12-6-8-21-15(12)5-7-18(10)16(19)11-3-4-14(20-2)13(17)9-11/h3-4,6,8-10H,5,7H2,1-2H3/t10-/m1/s1. The third-order valence-electron chi connectivity index (χ3n) is 3.94. The van der Waals surface area contributed by atoms with Crippen LogP contribution >= 0.6 is 11.3 Å². The summed E-state index contributed by atoms with van der Waals surface area (Å²) >= 11 is 1.73. The van der Waals surface area contributed by atoms with E-state index in [0.29, 0.717) is 12.1 Å². The lowest BCUT2D eigenvalue weighted by Crippen LogP contribution is -2.38. The number of nitrogens with zero attached hydrogens (tertiary/aromatic N) is 1. The molecule has 3 nitrogen and oxygen atoms in total. The van der Waals surface area contributed by atoms with Gasteiger partial charge in [-0.2, -0.15) is 0 Å². The molecule has 2 aromatic rings. The van der Waals surface area contributed by atoms with Gasteiger partial charge in [0, 0.05) is 17.0 Å². The van der Waals surface area contributed by atoms with Gasteiger partial charge in [0.1, 0.15) is 0 Å². The maximum absolute atomic E-state index is 13.8. The predicted octanol–water partition coefficient (Wildman–Crippen LogP) is 3.66. The zero-order chi connectivity index (χ0) is 15.0. The molecule has 1 aromatic heterocycles. The van der Waals surface area contributed by atoms with E-state index in [1.54, 1.807) is 22.3 Å². The van der Waals surface area contributed by atoms with Crippen molar-refractivity contribution in [3.8, 4) is 5.75 Å². The summed E-state index contributed by atoms with van der Waals surface area (Å²) in [4.78, 5) is 15.8. The first-order chi connectivity index (χ1) is 10.1. The Kier molecular flexibility index (Phi) is 3.68. The smallest absolute Gasteiger partial charge is 0.254 e. The number of methoxy groups -OCH3 is 1. The van der Waals surface area contributed by atoms with Crippen molar-refractivity contribution in [2.75, 3.05) is 13.7 Å². The average molecular weight is 305 g/mol. The molecule has 21 heavy (non-hydrogen) atoms. The molecule has 1 aliphatic heterocycles. The predicted molar refractivity (Wildman–Crippen MR) is 80.4 cm³/mol. The van der Waals surface area contributed by atoms with E-state index in [2.05, 4.69) is 11.4 Å². The Labute approximate surface area is 127 Å². The number of fused-ring (bicyclic) bond motifs is 1. The zero-order valence-corrected chi connectivity index (χ0v) is 12.7. The first-order valence-electron chi connectivity index (χ1n) is 6.82. The van der Waals surface area contributed by atoms with Crippen LogP contribution in [-0.2, 0) is 6.42 Å². The van der Waals surface area contributed by atoms with Crippen molar-refractivity contribution in [1.29, 1.82) is 0 Å². The van der Waals surface area contributed by atoms with Gasteiger partial charge in [-0.1, -0.05) is 0 Å². The second kappa shape index (κ2) is 5.48. The van der Waals surface area contributed by atoms with Crippen molar-refractivity contribution in [1.82, 2.24) is 4.90 Å². The number of benzene rings is 1. The van der Waals surface area contributed by atoms with Gasteiger partial charge in [-0.25, -0.2) is 4.39 Å². The summed E-state index contributed by atoms with van der Waals surface area (Å²) in [5.41, 5.74) is 1.56. The fourth-order valence-corrected chi connectivity index (χ4v) is 3.71. The van der Waals surface area contributed by atoms with E-state index in [1.807, 2.05) is 6.92 Å². The zero-order valence-electron chi connectivity index (χ0n) is 11.9. The van der Waals surface area contributed by atoms with Crippen molar-refractivity contribution in [2.45, 2.75) is 19.4 Å². The Morgan fingerprint density at radius 3 is 2.95 bits per heavy atom. The fraction of sp³-hybridized carbons (Fsp3) is 0.312. The minimum atomic E-state index is -0.510. The van der Waals surface area contributed by atoms with Crippen LogP contribution in [0.15, 0.2) is 29.6 Å². The van der Waals surface area contributed by atoms with Gasteiger partial charge in [-0.3, -0.25) is 4.79 Å². The summed E-state index contributed by atoms with van der Waals surface area (Å²) in [7, 11) is 1.41. The Hall–Kier alpha value is -1.88. The van der Waals surface area contributed by atoms with E-state index in [0.717, 1.165) is 6.42 Å². The second-order valence-electron chi connectivity index (χ2n) is 5.07. The van der Waals surface area contributed by atoms with E-state index in [9.17, 15) is 9.18 Å². The Balaban J connectivity index is 1.88. The van der Waals surface area contributed by atoms with Crippen LogP contribution in [0.3, 0.4) is 0 Å². The largest absolute Gasteiger partial charge is 0.494 e. The summed E-state index contributed by atoms with van der Waals surface area (Å²) in [5, 5.41) is 2.06. The van der Waals surface area contributed by atoms with Gasteiger partial charge in [0.2, 0.25) is 0 Å². The number of carbonyl (C=O) groups excluding carboxylic acids is 1. The quantitative estimate of drug-likeness (QED) is 0.847. The molecule has 2 heterocycles. The van der Waals surface area contributed by atoms with E-state index in [4.69, 9.17) is 4.74 Å². The van der Waals surface area contributed by atoms with E-state index < -0.39 is 5.82 Å². The summed E-state index contributed by atoms with van der Waals surface area (Å²) in [6.07, 6.45) is 0.863. The van der Waals surface area contributed by atoms with Crippen LogP contribution in [0.2, 0.25) is 0 Å². The number of carbonyl (C=O) groups is 1. The first-order valence-corrected chi connectivity index (χ1v) is 7.70. The highest BCUT2D eigenvalue weighted by Crippen LogP contribution is 2.33. The summed E-state index contributed by atoms with van der Waals surface area (Å²) in [6, 6.07) is 6.45. The third-order valence-corrected chi connectivity index (χ3v) is 4.93. The Morgan fingerprint density at radius 2 is 2.24 bits per heavy atom. The molecule has 0 saturated carbocycles. The normalized spacial score (nSPS) is 17.5. The van der Waals surface area contributed by atoms with E-state index >= 15 is 0 Å². The summed E-state index contributed by atoms with van der Waals surface area (Å²) in [5.74, 6) is -0.497. The number of hydrogen-bond donors (Lipinski definition) is 0. The van der Waals surface area contributed by atoms with Crippen LogP contribution < -0.4 is 4.74 Å². The van der Waals surface area contributed by atoms with Gasteiger partial charge in [0.15, 0.2) is 11.6 Å². The lowest BCUT2D eigenvalue weighted by Gasteiger charge is -2.33. The van der Waals surface area contributed by atoms with Crippen LogP contribution in [-0.4, -0.2) is 24.5 Å². The van der Waals surface area contributed by atoms with Gasteiger partial charge < -0.3 is 9.64 Å². The third kappa shape index (κ3) is 2.42. The molecule has 0 N–H and O–H groups in total. The van der Waals surface area contributed by atoms with Crippen LogP contribution in [0.25, 0.3) is 0 Å². The monoisotopic (exact) mass is 305 g/mol. The Bertz CT molecular complexity index is 683. The number of halogens is 1. The van der Waals surface area contributed by atoms with Crippen LogP contribution in [0, 0.1) is 5.82 Å². The van der Waals surface area contributed by atoms with Crippen molar-refractivity contribution in [2.24, 2.45) is 0 Å². The number of thiophene rings is 1. The highest BCUT2D eigenvalue weighted by Gasteiger charge is 2.29. The van der Waals surface area contributed by atoms with E-state index in [1.165, 1.54) is 29.7 Å². The Morgan fingerprint density at radius 1 is 1.43 bits per heavy atom. The molecule has 1 amide bonds. The maximum Gasteiger partial charge on any atom is 0.254 e. The van der Waals surface area contributed by atoms with Gasteiger partial charge in [0.25, 0.3) is 5.91 Å². The lowest BCUT2D eigenvalue weighted by atomic mass is 10.0. The van der Waals surface area contributed by atoms with Gasteiger partial charge in [0.05, 0.1) is 13.2 Å². The van der Waals surface area contributed by atoms with Crippen molar-refractivity contribution >= 4 is 17.2 Å². The molecule has 5 heteroatoms. The molecule has 1 aliphatic rings. The minimum absolute atomic E-state index is 0.0256. The molecule has 0 radical (unpaired) electrons. The van der Waals surface area contributed by atoms with Crippen LogP contribution in [0.1, 0.15) is 33.8 Å². The molecule has 1 aromatic carbocycles. The molecule has 0 unspecified atom stereocenters. The van der Waals surface area contributed by atoms with Crippen LogP contribution in [0.4, 0.5) is 4.39 Å². The van der Waals surface area contributed by atoms with Crippen molar-refractivity contribution < 1.29 is 13.9 Å². The SMILES string of the molecule is COc1ccc(C(=O)N2CCc3sccc3[C@H]2C)cc1F.